The summed E-state index contributed by atoms with van der Waals surface area (Å²) in [5, 5.41) is 4.00. The van der Waals surface area contributed by atoms with Gasteiger partial charge in [-0.1, -0.05) is 41.4 Å². The zero-order valence-electron chi connectivity index (χ0n) is 12.5. The molecule has 0 aliphatic carbocycles. The molecule has 24 heavy (non-hydrogen) atoms. The lowest BCUT2D eigenvalue weighted by atomic mass is 10.2. The average Bonchev–Trinajstić information content (AvgIpc) is 2.94. The first-order valence-corrected chi connectivity index (χ1v) is 11.6. The summed E-state index contributed by atoms with van der Waals surface area (Å²) in [5.41, 5.74) is 1.25. The highest BCUT2D eigenvalue weighted by Crippen LogP contribution is 2.29. The van der Waals surface area contributed by atoms with Crippen molar-refractivity contribution in [3.8, 4) is 0 Å². The van der Waals surface area contributed by atoms with Crippen LogP contribution in [0, 0.1) is 0 Å². The summed E-state index contributed by atoms with van der Waals surface area (Å²) in [6.07, 6.45) is 0. The number of halogens is 2. The molecular formula is C17H14Cl2O2S3. The first-order chi connectivity index (χ1) is 11.5. The second kappa shape index (κ2) is 7.67. The molecule has 0 aliphatic heterocycles. The molecule has 2 aromatic carbocycles. The molecular weight excluding hydrogens is 403 g/mol. The highest BCUT2D eigenvalue weighted by atomic mass is 35.5. The van der Waals surface area contributed by atoms with E-state index < -0.39 is 9.84 Å². The number of hydrogen-bond donors (Lipinski definition) is 0. The third kappa shape index (κ3) is 4.09. The molecule has 2 nitrogen and oxygen atoms in total. The summed E-state index contributed by atoms with van der Waals surface area (Å²) < 4.78 is 26.1. The lowest BCUT2D eigenvalue weighted by molar-refractivity contribution is 0.597. The summed E-state index contributed by atoms with van der Waals surface area (Å²) in [4.78, 5) is 0.148. The van der Waals surface area contributed by atoms with E-state index in [1.54, 1.807) is 29.2 Å². The Kier molecular flexibility index (Phi) is 5.78. The number of thiophene rings is 1. The van der Waals surface area contributed by atoms with Crippen LogP contribution in [0.2, 0.25) is 10.0 Å². The van der Waals surface area contributed by atoms with Crippen LogP contribution in [-0.2, 0) is 15.6 Å². The molecule has 0 amide bonds. The maximum absolute atomic E-state index is 12.4. The first-order valence-electron chi connectivity index (χ1n) is 7.18. The van der Waals surface area contributed by atoms with Crippen molar-refractivity contribution in [2.24, 2.45) is 0 Å². The van der Waals surface area contributed by atoms with Crippen LogP contribution in [0.15, 0.2) is 52.7 Å². The fourth-order valence-corrected chi connectivity index (χ4v) is 6.97. The molecule has 3 rings (SSSR count). The van der Waals surface area contributed by atoms with Gasteiger partial charge >= 0.3 is 0 Å². The largest absolute Gasteiger partial charge is 0.224 e. The second-order valence-electron chi connectivity index (χ2n) is 5.20. The van der Waals surface area contributed by atoms with Gasteiger partial charge in [-0.25, -0.2) is 8.42 Å². The first kappa shape index (κ1) is 18.1. The number of thioether (sulfide) groups is 1. The highest BCUT2D eigenvalue weighted by Gasteiger charge is 2.18. The Morgan fingerprint density at radius 1 is 1.08 bits per heavy atom. The molecule has 1 aromatic heterocycles. The van der Waals surface area contributed by atoms with Gasteiger partial charge in [0.25, 0.3) is 0 Å². The summed E-state index contributed by atoms with van der Waals surface area (Å²) in [6, 6.07) is 12.7. The predicted octanol–water partition coefficient (Wildman–Crippen LogP) is 5.92. The van der Waals surface area contributed by atoms with Crippen LogP contribution in [-0.4, -0.2) is 19.9 Å². The van der Waals surface area contributed by atoms with Crippen LogP contribution in [0.25, 0.3) is 10.1 Å². The Morgan fingerprint density at radius 3 is 2.67 bits per heavy atom. The van der Waals surface area contributed by atoms with Gasteiger partial charge in [0, 0.05) is 21.2 Å². The SMILES string of the molecule is O=S(=O)(CCSCc1csc2ccccc12)c1ccc(Cl)cc1Cl. The molecule has 0 spiro atoms. The minimum absolute atomic E-state index is 0.0566. The maximum atomic E-state index is 12.4. The summed E-state index contributed by atoms with van der Waals surface area (Å²) >= 11 is 15.2. The van der Waals surface area contributed by atoms with Crippen molar-refractivity contribution in [2.75, 3.05) is 11.5 Å². The van der Waals surface area contributed by atoms with Crippen molar-refractivity contribution in [3.05, 3.63) is 63.5 Å². The normalized spacial score (nSPS) is 11.9. The van der Waals surface area contributed by atoms with E-state index >= 15 is 0 Å². The Bertz CT molecular complexity index is 965. The monoisotopic (exact) mass is 416 g/mol. The molecule has 3 aromatic rings. The van der Waals surface area contributed by atoms with Gasteiger partial charge in [-0.3, -0.25) is 0 Å². The van der Waals surface area contributed by atoms with Gasteiger partial charge in [-0.05, 0) is 40.6 Å². The molecule has 0 aliphatic rings. The summed E-state index contributed by atoms with van der Waals surface area (Å²) in [7, 11) is -3.40. The molecule has 7 heteroatoms. The van der Waals surface area contributed by atoms with Gasteiger partial charge < -0.3 is 0 Å². The Labute approximate surface area is 159 Å². The third-order valence-electron chi connectivity index (χ3n) is 3.54. The summed E-state index contributed by atoms with van der Waals surface area (Å²) in [6.45, 7) is 0. The van der Waals surface area contributed by atoms with Crippen LogP contribution < -0.4 is 0 Å². The van der Waals surface area contributed by atoms with Gasteiger partial charge in [-0.15, -0.1) is 11.3 Å². The Hall–Kier alpha value is -0.720. The van der Waals surface area contributed by atoms with Gasteiger partial charge in [0.1, 0.15) is 0 Å². The molecule has 0 N–H and O–H groups in total. The second-order valence-corrected chi connectivity index (χ2v) is 10.1. The number of fused-ring (bicyclic) bond motifs is 1. The highest BCUT2D eigenvalue weighted by molar-refractivity contribution is 8.00. The fraction of sp³-hybridized carbons (Fsp3) is 0.176. The van der Waals surface area contributed by atoms with E-state index in [4.69, 9.17) is 23.2 Å². The fourth-order valence-electron chi connectivity index (χ4n) is 2.33. The standard InChI is InChI=1S/C17H14Cl2O2S3/c18-13-5-6-17(15(19)9-13)24(20,21)8-7-22-10-12-11-23-16-4-2-1-3-14(12)16/h1-6,9,11H,7-8,10H2. The zero-order valence-corrected chi connectivity index (χ0v) is 16.5. The molecule has 1 heterocycles. The van der Waals surface area contributed by atoms with Crippen molar-refractivity contribution < 1.29 is 8.42 Å². The molecule has 0 unspecified atom stereocenters. The Balaban J connectivity index is 1.61. The van der Waals surface area contributed by atoms with Gasteiger partial charge in [-0.2, -0.15) is 11.8 Å². The van der Waals surface area contributed by atoms with Crippen LogP contribution in [0.5, 0.6) is 0 Å². The van der Waals surface area contributed by atoms with Crippen LogP contribution in [0.1, 0.15) is 5.56 Å². The van der Waals surface area contributed by atoms with Crippen molar-refractivity contribution in [3.63, 3.8) is 0 Å². The van der Waals surface area contributed by atoms with Gasteiger partial charge in [0.2, 0.25) is 0 Å². The van der Waals surface area contributed by atoms with E-state index in [0.717, 1.165) is 5.75 Å². The van der Waals surface area contributed by atoms with Gasteiger partial charge in [0.05, 0.1) is 15.7 Å². The number of rotatable bonds is 6. The topological polar surface area (TPSA) is 34.1 Å². The summed E-state index contributed by atoms with van der Waals surface area (Å²) in [5.74, 6) is 1.38. The van der Waals surface area contributed by atoms with E-state index in [-0.39, 0.29) is 15.7 Å². The van der Waals surface area contributed by atoms with Crippen LogP contribution in [0.4, 0.5) is 0 Å². The molecule has 0 bridgehead atoms. The molecule has 0 radical (unpaired) electrons. The molecule has 0 saturated carbocycles. The van der Waals surface area contributed by atoms with E-state index in [1.807, 2.05) is 12.1 Å². The molecule has 126 valence electrons. The third-order valence-corrected chi connectivity index (χ3v) is 8.25. The van der Waals surface area contributed by atoms with E-state index in [9.17, 15) is 8.42 Å². The minimum Gasteiger partial charge on any atom is -0.224 e. The maximum Gasteiger partial charge on any atom is 0.180 e. The van der Waals surface area contributed by atoms with Crippen molar-refractivity contribution >= 4 is 66.2 Å². The number of benzene rings is 2. The average molecular weight is 417 g/mol. The molecule has 0 saturated heterocycles. The lowest BCUT2D eigenvalue weighted by Gasteiger charge is -2.07. The van der Waals surface area contributed by atoms with Crippen molar-refractivity contribution in [1.29, 1.82) is 0 Å². The number of sulfone groups is 1. The van der Waals surface area contributed by atoms with E-state index in [0.29, 0.717) is 10.8 Å². The molecule has 0 fully saturated rings. The minimum atomic E-state index is -3.40. The molecule has 0 atom stereocenters. The van der Waals surface area contributed by atoms with E-state index in [2.05, 4.69) is 17.5 Å². The predicted molar refractivity (Wildman–Crippen MR) is 107 cm³/mol. The lowest BCUT2D eigenvalue weighted by Crippen LogP contribution is -2.09. The van der Waals surface area contributed by atoms with Crippen LogP contribution >= 0.6 is 46.3 Å². The quantitative estimate of drug-likeness (QED) is 0.467. The van der Waals surface area contributed by atoms with Gasteiger partial charge in [0.15, 0.2) is 9.84 Å². The van der Waals surface area contributed by atoms with Crippen LogP contribution in [0.3, 0.4) is 0 Å². The number of hydrogen-bond acceptors (Lipinski definition) is 4. The smallest absolute Gasteiger partial charge is 0.180 e. The van der Waals surface area contributed by atoms with Crippen molar-refractivity contribution in [2.45, 2.75) is 10.6 Å². The zero-order chi connectivity index (χ0) is 17.2. The van der Waals surface area contributed by atoms with Crippen molar-refractivity contribution in [1.82, 2.24) is 0 Å². The Morgan fingerprint density at radius 2 is 1.88 bits per heavy atom. The van der Waals surface area contributed by atoms with E-state index in [1.165, 1.54) is 27.8 Å².